The number of benzene rings is 2. The number of aromatic nitrogens is 1. The Morgan fingerprint density at radius 2 is 1.89 bits per heavy atom. The summed E-state index contributed by atoms with van der Waals surface area (Å²) in [6.07, 6.45) is 3.30. The third kappa shape index (κ3) is 3.06. The molecule has 1 aliphatic heterocycles. The first-order chi connectivity index (χ1) is 13.0. The summed E-state index contributed by atoms with van der Waals surface area (Å²) in [5.41, 5.74) is 2.54. The van der Waals surface area contributed by atoms with Crippen LogP contribution in [-0.4, -0.2) is 32.8 Å². The van der Waals surface area contributed by atoms with E-state index in [9.17, 15) is 14.7 Å². The van der Waals surface area contributed by atoms with Crippen molar-refractivity contribution >= 4 is 28.8 Å². The van der Waals surface area contributed by atoms with Crippen LogP contribution in [0.5, 0.6) is 5.75 Å². The number of fused-ring (bicyclic) bond motifs is 1. The fraction of sp³-hybridized carbons (Fsp3) is 0.143. The van der Waals surface area contributed by atoms with Crippen molar-refractivity contribution in [3.63, 3.8) is 0 Å². The number of amides is 2. The molecule has 0 unspecified atom stereocenters. The van der Waals surface area contributed by atoms with Gasteiger partial charge in [-0.25, -0.2) is 0 Å². The molecule has 3 N–H and O–H groups in total. The Balaban J connectivity index is 1.71. The van der Waals surface area contributed by atoms with E-state index in [-0.39, 0.29) is 23.3 Å². The van der Waals surface area contributed by atoms with Gasteiger partial charge in [0.2, 0.25) is 5.91 Å². The minimum atomic E-state index is -0.564. The van der Waals surface area contributed by atoms with Crippen molar-refractivity contribution in [3.05, 3.63) is 71.6 Å². The molecule has 0 spiro atoms. The molecule has 0 bridgehead atoms. The summed E-state index contributed by atoms with van der Waals surface area (Å²) >= 11 is 0. The number of carbonyl (C=O) groups excluding carboxylic acids is 2. The van der Waals surface area contributed by atoms with E-state index in [0.717, 1.165) is 11.1 Å². The van der Waals surface area contributed by atoms with E-state index in [1.165, 1.54) is 0 Å². The molecule has 27 heavy (non-hydrogen) atoms. The van der Waals surface area contributed by atoms with E-state index in [1.54, 1.807) is 36.2 Å². The second-order valence-corrected chi connectivity index (χ2v) is 6.59. The molecule has 3 aromatic rings. The Morgan fingerprint density at radius 3 is 2.67 bits per heavy atom. The van der Waals surface area contributed by atoms with Crippen molar-refractivity contribution in [3.8, 4) is 5.75 Å². The van der Waals surface area contributed by atoms with Crippen LogP contribution in [0.25, 0.3) is 17.0 Å². The molecule has 6 nitrogen and oxygen atoms in total. The highest BCUT2D eigenvalue weighted by atomic mass is 16.3. The Hall–Kier alpha value is -3.54. The summed E-state index contributed by atoms with van der Waals surface area (Å²) < 4.78 is 0. The zero-order valence-electron chi connectivity index (χ0n) is 14.8. The van der Waals surface area contributed by atoms with E-state index < -0.39 is 6.04 Å². The number of nitrogens with zero attached hydrogens (tertiary/aromatic N) is 1. The van der Waals surface area contributed by atoms with Gasteiger partial charge < -0.3 is 20.3 Å². The minimum Gasteiger partial charge on any atom is -0.507 e. The van der Waals surface area contributed by atoms with Crippen LogP contribution >= 0.6 is 0 Å². The third-order valence-electron chi connectivity index (χ3n) is 4.81. The summed E-state index contributed by atoms with van der Waals surface area (Å²) in [5, 5.41) is 13.4. The normalized spacial score (nSPS) is 18.9. The fourth-order valence-electron chi connectivity index (χ4n) is 3.31. The molecule has 0 radical (unpaired) electrons. The number of phenolic OH excluding ortho intramolecular Hbond substituents is 1. The molecule has 136 valence electrons. The van der Waals surface area contributed by atoms with Gasteiger partial charge in [0.15, 0.2) is 0 Å². The van der Waals surface area contributed by atoms with Gasteiger partial charge in [0, 0.05) is 29.2 Å². The predicted octanol–water partition coefficient (Wildman–Crippen LogP) is 2.76. The third-order valence-corrected chi connectivity index (χ3v) is 4.81. The molecule has 6 heteroatoms. The molecule has 4 rings (SSSR count). The number of aromatic amines is 1. The summed E-state index contributed by atoms with van der Waals surface area (Å²) in [6.45, 7) is 2.06. The highest BCUT2D eigenvalue weighted by Gasteiger charge is 2.34. The SMILES string of the molecule is C[C@H]1C(=O)N/C(=C\c2c[nH]c3cccc(O)c23)C(=O)N1Cc1ccccc1. The van der Waals surface area contributed by atoms with Crippen molar-refractivity contribution in [2.24, 2.45) is 0 Å². The van der Waals surface area contributed by atoms with Crippen LogP contribution in [0.3, 0.4) is 0 Å². The number of nitrogens with one attached hydrogen (secondary N) is 2. The number of aromatic hydroxyl groups is 1. The van der Waals surface area contributed by atoms with Gasteiger partial charge in [0.25, 0.3) is 5.91 Å². The monoisotopic (exact) mass is 361 g/mol. The van der Waals surface area contributed by atoms with Crippen LogP contribution in [0.4, 0.5) is 0 Å². The molecular weight excluding hydrogens is 342 g/mol. The number of phenols is 1. The van der Waals surface area contributed by atoms with Gasteiger partial charge in [-0.05, 0) is 30.7 Å². The molecule has 1 atom stereocenters. The first kappa shape index (κ1) is 16.9. The molecule has 1 saturated heterocycles. The second-order valence-electron chi connectivity index (χ2n) is 6.59. The second kappa shape index (κ2) is 6.64. The molecule has 2 heterocycles. The molecule has 1 fully saturated rings. The van der Waals surface area contributed by atoms with Gasteiger partial charge in [-0.15, -0.1) is 0 Å². The van der Waals surface area contributed by atoms with Crippen LogP contribution in [-0.2, 0) is 16.1 Å². The van der Waals surface area contributed by atoms with Crippen LogP contribution < -0.4 is 5.32 Å². The average Bonchev–Trinajstić information content (AvgIpc) is 3.08. The van der Waals surface area contributed by atoms with Gasteiger partial charge in [-0.2, -0.15) is 0 Å². The van der Waals surface area contributed by atoms with Crippen LogP contribution in [0.15, 0.2) is 60.4 Å². The maximum atomic E-state index is 13.0. The predicted molar refractivity (Wildman–Crippen MR) is 103 cm³/mol. The largest absolute Gasteiger partial charge is 0.507 e. The van der Waals surface area contributed by atoms with Gasteiger partial charge >= 0.3 is 0 Å². The lowest BCUT2D eigenvalue weighted by atomic mass is 10.1. The van der Waals surface area contributed by atoms with Crippen molar-refractivity contribution in [1.82, 2.24) is 15.2 Å². The van der Waals surface area contributed by atoms with Crippen molar-refractivity contribution in [1.29, 1.82) is 0 Å². The van der Waals surface area contributed by atoms with Crippen LogP contribution in [0, 0.1) is 0 Å². The zero-order valence-corrected chi connectivity index (χ0v) is 14.8. The standard InChI is InChI=1S/C21H19N3O3/c1-13-20(26)23-17(21(27)24(13)12-14-6-3-2-4-7-14)10-15-11-22-16-8-5-9-18(25)19(15)16/h2-11,13,22,25H,12H2,1H3,(H,23,26)/b17-10-/t13-/m0/s1. The van der Waals surface area contributed by atoms with Gasteiger partial charge in [0.1, 0.15) is 17.5 Å². The highest BCUT2D eigenvalue weighted by molar-refractivity contribution is 6.08. The lowest BCUT2D eigenvalue weighted by Crippen LogP contribution is -2.55. The first-order valence-electron chi connectivity index (χ1n) is 8.71. The quantitative estimate of drug-likeness (QED) is 0.627. The number of rotatable bonds is 3. The van der Waals surface area contributed by atoms with E-state index in [4.69, 9.17) is 0 Å². The smallest absolute Gasteiger partial charge is 0.271 e. The summed E-state index contributed by atoms with van der Waals surface area (Å²) in [4.78, 5) is 30.0. The van der Waals surface area contributed by atoms with Crippen molar-refractivity contribution in [2.45, 2.75) is 19.5 Å². The molecule has 0 saturated carbocycles. The lowest BCUT2D eigenvalue weighted by molar-refractivity contribution is -0.142. The topological polar surface area (TPSA) is 85.4 Å². The van der Waals surface area contributed by atoms with E-state index in [0.29, 0.717) is 17.5 Å². The number of hydrogen-bond donors (Lipinski definition) is 3. The zero-order chi connectivity index (χ0) is 19.0. The Morgan fingerprint density at radius 1 is 1.11 bits per heavy atom. The summed E-state index contributed by atoms with van der Waals surface area (Å²) in [7, 11) is 0. The molecule has 2 amide bonds. The lowest BCUT2D eigenvalue weighted by Gasteiger charge is -2.34. The Labute approximate surface area is 156 Å². The van der Waals surface area contributed by atoms with Crippen molar-refractivity contribution in [2.75, 3.05) is 0 Å². The number of carbonyl (C=O) groups is 2. The summed E-state index contributed by atoms with van der Waals surface area (Å²) in [6, 6.07) is 14.2. The van der Waals surface area contributed by atoms with Crippen LogP contribution in [0.1, 0.15) is 18.1 Å². The van der Waals surface area contributed by atoms with Gasteiger partial charge in [-0.3, -0.25) is 9.59 Å². The van der Waals surface area contributed by atoms with E-state index in [1.807, 2.05) is 36.4 Å². The van der Waals surface area contributed by atoms with Gasteiger partial charge in [0.05, 0.1) is 0 Å². The van der Waals surface area contributed by atoms with E-state index >= 15 is 0 Å². The Bertz CT molecular complexity index is 1050. The number of piperazine rings is 1. The number of H-pyrrole nitrogens is 1. The highest BCUT2D eigenvalue weighted by Crippen LogP contribution is 2.29. The summed E-state index contributed by atoms with van der Waals surface area (Å²) in [5.74, 6) is -0.374. The molecule has 2 aromatic carbocycles. The van der Waals surface area contributed by atoms with Gasteiger partial charge in [-0.1, -0.05) is 36.4 Å². The fourth-order valence-corrected chi connectivity index (χ4v) is 3.31. The Kier molecular flexibility index (Phi) is 4.16. The van der Waals surface area contributed by atoms with Crippen LogP contribution in [0.2, 0.25) is 0 Å². The molecule has 1 aromatic heterocycles. The maximum Gasteiger partial charge on any atom is 0.271 e. The maximum absolute atomic E-state index is 13.0. The molecule has 0 aliphatic carbocycles. The average molecular weight is 361 g/mol. The molecular formula is C21H19N3O3. The number of hydrogen-bond acceptors (Lipinski definition) is 3. The first-order valence-corrected chi connectivity index (χ1v) is 8.71. The molecule has 1 aliphatic rings. The van der Waals surface area contributed by atoms with E-state index in [2.05, 4.69) is 10.3 Å². The van der Waals surface area contributed by atoms with Crippen molar-refractivity contribution < 1.29 is 14.7 Å². The minimum absolute atomic E-state index is 0.115.